The fourth-order valence-electron chi connectivity index (χ4n) is 2.02. The van der Waals surface area contributed by atoms with Crippen LogP contribution in [0.15, 0.2) is 11.6 Å². The van der Waals surface area contributed by atoms with Crippen LogP contribution in [0, 0.1) is 5.41 Å². The predicted octanol–water partition coefficient (Wildman–Crippen LogP) is 2.73. The molecular formula is C11H21N. The molecule has 0 fully saturated rings. The Morgan fingerprint density at radius 2 is 2.25 bits per heavy atom. The van der Waals surface area contributed by atoms with E-state index in [1.54, 1.807) is 5.57 Å². The van der Waals surface area contributed by atoms with Crippen LogP contribution in [0.2, 0.25) is 0 Å². The van der Waals surface area contributed by atoms with E-state index >= 15 is 0 Å². The molecule has 1 aliphatic heterocycles. The third-order valence-corrected chi connectivity index (χ3v) is 2.81. The molecule has 0 amide bonds. The monoisotopic (exact) mass is 167 g/mol. The molecule has 1 heterocycles. The summed E-state index contributed by atoms with van der Waals surface area (Å²) in [4.78, 5) is 0. The van der Waals surface area contributed by atoms with Crippen LogP contribution in [0.1, 0.15) is 40.0 Å². The summed E-state index contributed by atoms with van der Waals surface area (Å²) in [7, 11) is 0. The maximum Gasteiger partial charge on any atom is 0.0137 e. The Hall–Kier alpha value is -0.300. The topological polar surface area (TPSA) is 12.0 Å². The van der Waals surface area contributed by atoms with Crippen molar-refractivity contribution in [2.45, 2.75) is 40.0 Å². The number of rotatable bonds is 3. The SMILES string of the molecule is CCCC(C)(C)C1=CCNCC1. The van der Waals surface area contributed by atoms with Crippen LogP contribution in [0.3, 0.4) is 0 Å². The normalized spacial score (nSPS) is 19.1. The maximum atomic E-state index is 3.35. The van der Waals surface area contributed by atoms with Crippen molar-refractivity contribution in [1.82, 2.24) is 5.32 Å². The van der Waals surface area contributed by atoms with Crippen LogP contribution in [-0.2, 0) is 0 Å². The molecule has 0 bridgehead atoms. The summed E-state index contributed by atoms with van der Waals surface area (Å²) in [6.07, 6.45) is 6.22. The molecule has 0 aromatic heterocycles. The van der Waals surface area contributed by atoms with Crippen molar-refractivity contribution in [1.29, 1.82) is 0 Å². The van der Waals surface area contributed by atoms with Gasteiger partial charge in [0.1, 0.15) is 0 Å². The molecule has 0 aromatic carbocycles. The molecule has 0 saturated carbocycles. The van der Waals surface area contributed by atoms with Gasteiger partial charge in [0.05, 0.1) is 0 Å². The zero-order valence-electron chi connectivity index (χ0n) is 8.61. The van der Waals surface area contributed by atoms with Gasteiger partial charge in [0.15, 0.2) is 0 Å². The van der Waals surface area contributed by atoms with Crippen molar-refractivity contribution < 1.29 is 0 Å². The molecule has 1 rings (SSSR count). The van der Waals surface area contributed by atoms with E-state index < -0.39 is 0 Å². The Balaban J connectivity index is 2.59. The lowest BCUT2D eigenvalue weighted by atomic mass is 9.78. The number of nitrogens with one attached hydrogen (secondary N) is 1. The van der Waals surface area contributed by atoms with Gasteiger partial charge in [-0.3, -0.25) is 0 Å². The van der Waals surface area contributed by atoms with Gasteiger partial charge < -0.3 is 5.32 Å². The lowest BCUT2D eigenvalue weighted by molar-refractivity contribution is 0.380. The van der Waals surface area contributed by atoms with Gasteiger partial charge in [-0.05, 0) is 24.8 Å². The van der Waals surface area contributed by atoms with Gasteiger partial charge in [0, 0.05) is 6.54 Å². The van der Waals surface area contributed by atoms with Gasteiger partial charge in [-0.15, -0.1) is 0 Å². The van der Waals surface area contributed by atoms with E-state index in [0.29, 0.717) is 5.41 Å². The minimum Gasteiger partial charge on any atom is -0.313 e. The summed E-state index contributed by atoms with van der Waals surface area (Å²) < 4.78 is 0. The predicted molar refractivity (Wildman–Crippen MR) is 54.3 cm³/mol. The average Bonchev–Trinajstić information content (AvgIpc) is 2.06. The first-order valence-electron chi connectivity index (χ1n) is 5.07. The van der Waals surface area contributed by atoms with Crippen LogP contribution in [0.5, 0.6) is 0 Å². The Kier molecular flexibility index (Phi) is 3.33. The minimum absolute atomic E-state index is 0.441. The molecule has 1 N–H and O–H groups in total. The van der Waals surface area contributed by atoms with Crippen LogP contribution < -0.4 is 5.32 Å². The van der Waals surface area contributed by atoms with Crippen LogP contribution in [0.25, 0.3) is 0 Å². The molecule has 1 heteroatoms. The summed E-state index contributed by atoms with van der Waals surface area (Å²) in [5.74, 6) is 0. The van der Waals surface area contributed by atoms with Crippen LogP contribution in [0.4, 0.5) is 0 Å². The number of hydrogen-bond acceptors (Lipinski definition) is 1. The second kappa shape index (κ2) is 4.08. The molecule has 0 aromatic rings. The van der Waals surface area contributed by atoms with Crippen LogP contribution in [-0.4, -0.2) is 13.1 Å². The highest BCUT2D eigenvalue weighted by molar-refractivity contribution is 5.15. The highest BCUT2D eigenvalue weighted by Crippen LogP contribution is 2.33. The van der Waals surface area contributed by atoms with E-state index in [0.717, 1.165) is 6.54 Å². The Bertz CT molecular complexity index is 168. The molecule has 0 aliphatic carbocycles. The van der Waals surface area contributed by atoms with Gasteiger partial charge in [-0.2, -0.15) is 0 Å². The van der Waals surface area contributed by atoms with E-state index in [1.165, 1.54) is 25.8 Å². The highest BCUT2D eigenvalue weighted by atomic mass is 14.8. The van der Waals surface area contributed by atoms with Gasteiger partial charge in [-0.1, -0.05) is 38.8 Å². The van der Waals surface area contributed by atoms with Crippen molar-refractivity contribution in [2.75, 3.05) is 13.1 Å². The summed E-state index contributed by atoms with van der Waals surface area (Å²) >= 11 is 0. The summed E-state index contributed by atoms with van der Waals surface area (Å²) in [5.41, 5.74) is 2.10. The lowest BCUT2D eigenvalue weighted by Crippen LogP contribution is -2.26. The van der Waals surface area contributed by atoms with Crippen molar-refractivity contribution in [3.63, 3.8) is 0 Å². The van der Waals surface area contributed by atoms with Crippen molar-refractivity contribution >= 4 is 0 Å². The molecule has 1 aliphatic rings. The summed E-state index contributed by atoms with van der Waals surface area (Å²) in [6, 6.07) is 0. The van der Waals surface area contributed by atoms with Crippen LogP contribution >= 0.6 is 0 Å². The zero-order chi connectivity index (χ0) is 9.03. The molecule has 70 valence electrons. The van der Waals surface area contributed by atoms with Gasteiger partial charge in [0.2, 0.25) is 0 Å². The third-order valence-electron chi connectivity index (χ3n) is 2.81. The van der Waals surface area contributed by atoms with E-state index in [9.17, 15) is 0 Å². The second-order valence-corrected chi connectivity index (χ2v) is 4.32. The summed E-state index contributed by atoms with van der Waals surface area (Å²) in [6.45, 7) is 9.24. The van der Waals surface area contributed by atoms with E-state index in [-0.39, 0.29) is 0 Å². The maximum absolute atomic E-state index is 3.35. The van der Waals surface area contributed by atoms with E-state index in [2.05, 4.69) is 32.2 Å². The highest BCUT2D eigenvalue weighted by Gasteiger charge is 2.22. The van der Waals surface area contributed by atoms with Crippen molar-refractivity contribution in [3.05, 3.63) is 11.6 Å². The Morgan fingerprint density at radius 1 is 1.50 bits per heavy atom. The first-order chi connectivity index (χ1) is 5.67. The van der Waals surface area contributed by atoms with Gasteiger partial charge >= 0.3 is 0 Å². The quantitative estimate of drug-likeness (QED) is 0.637. The molecule has 0 saturated heterocycles. The lowest BCUT2D eigenvalue weighted by Gasteiger charge is -2.30. The number of hydrogen-bond donors (Lipinski definition) is 1. The van der Waals surface area contributed by atoms with Gasteiger partial charge in [0.25, 0.3) is 0 Å². The molecule has 0 spiro atoms. The Labute approximate surface area is 76.2 Å². The largest absolute Gasteiger partial charge is 0.313 e. The standard InChI is InChI=1S/C11H21N/c1-4-7-11(2,3)10-5-8-12-9-6-10/h5,12H,4,6-9H2,1-3H3. The smallest absolute Gasteiger partial charge is 0.0137 e. The fourth-order valence-corrected chi connectivity index (χ4v) is 2.02. The van der Waals surface area contributed by atoms with E-state index in [4.69, 9.17) is 0 Å². The van der Waals surface area contributed by atoms with Crippen molar-refractivity contribution in [3.8, 4) is 0 Å². The molecule has 0 radical (unpaired) electrons. The minimum atomic E-state index is 0.441. The Morgan fingerprint density at radius 3 is 2.75 bits per heavy atom. The molecule has 12 heavy (non-hydrogen) atoms. The molecular weight excluding hydrogens is 146 g/mol. The third kappa shape index (κ3) is 2.34. The fraction of sp³-hybridized carbons (Fsp3) is 0.818. The first-order valence-corrected chi connectivity index (χ1v) is 5.07. The first kappa shape index (κ1) is 9.79. The molecule has 0 atom stereocenters. The average molecular weight is 167 g/mol. The second-order valence-electron chi connectivity index (χ2n) is 4.32. The van der Waals surface area contributed by atoms with Gasteiger partial charge in [-0.25, -0.2) is 0 Å². The van der Waals surface area contributed by atoms with Crippen molar-refractivity contribution in [2.24, 2.45) is 5.41 Å². The zero-order valence-corrected chi connectivity index (χ0v) is 8.61. The summed E-state index contributed by atoms with van der Waals surface area (Å²) in [5, 5.41) is 3.35. The molecule has 1 nitrogen and oxygen atoms in total. The van der Waals surface area contributed by atoms with E-state index in [1.807, 2.05) is 0 Å². The molecule has 0 unspecified atom stereocenters.